The first-order chi connectivity index (χ1) is 14.8. The average Bonchev–Trinajstić information content (AvgIpc) is 2.77. The van der Waals surface area contributed by atoms with Crippen molar-refractivity contribution in [3.63, 3.8) is 0 Å². The lowest BCUT2D eigenvalue weighted by Crippen LogP contribution is -2.50. The van der Waals surface area contributed by atoms with Crippen LogP contribution in [0, 0.1) is 20.8 Å². The van der Waals surface area contributed by atoms with E-state index in [1.807, 2.05) is 4.90 Å². The third-order valence-electron chi connectivity index (χ3n) is 6.33. The predicted molar refractivity (Wildman–Crippen MR) is 125 cm³/mol. The van der Waals surface area contributed by atoms with Crippen molar-refractivity contribution in [1.82, 2.24) is 14.9 Å². The molecular formula is C25H36N4O2. The number of carbonyl (C=O) groups excluding carboxylic acids is 1. The maximum absolute atomic E-state index is 12.2. The van der Waals surface area contributed by atoms with Gasteiger partial charge in [0, 0.05) is 56.9 Å². The van der Waals surface area contributed by atoms with Crippen LogP contribution in [0.15, 0.2) is 18.2 Å². The van der Waals surface area contributed by atoms with E-state index in [9.17, 15) is 4.79 Å². The Morgan fingerprint density at radius 1 is 1.13 bits per heavy atom. The van der Waals surface area contributed by atoms with Gasteiger partial charge in [-0.15, -0.1) is 0 Å². The molecule has 6 nitrogen and oxygen atoms in total. The SMILES string of the molecule is CCC(C)c1nc(C)c(Cc2cc(C)ccc2C)c(N2CCN(C(=O)COC)CC2)n1. The first-order valence-corrected chi connectivity index (χ1v) is 11.3. The molecule has 1 aromatic heterocycles. The van der Waals surface area contributed by atoms with Gasteiger partial charge in [-0.1, -0.05) is 37.6 Å². The van der Waals surface area contributed by atoms with E-state index < -0.39 is 0 Å². The molecule has 168 valence electrons. The van der Waals surface area contributed by atoms with Crippen LogP contribution in [-0.2, 0) is 16.0 Å². The Balaban J connectivity index is 1.94. The normalized spacial score (nSPS) is 15.3. The minimum Gasteiger partial charge on any atom is -0.375 e. The zero-order chi connectivity index (χ0) is 22.5. The number of piperazine rings is 1. The summed E-state index contributed by atoms with van der Waals surface area (Å²) in [5, 5.41) is 0. The fourth-order valence-electron chi connectivity index (χ4n) is 4.04. The molecule has 0 aliphatic carbocycles. The van der Waals surface area contributed by atoms with E-state index in [-0.39, 0.29) is 12.5 Å². The summed E-state index contributed by atoms with van der Waals surface area (Å²) in [6.45, 7) is 13.8. The van der Waals surface area contributed by atoms with Gasteiger partial charge in [0.2, 0.25) is 5.91 Å². The second-order valence-electron chi connectivity index (χ2n) is 8.69. The Hall–Kier alpha value is -2.47. The topological polar surface area (TPSA) is 58.6 Å². The Morgan fingerprint density at radius 3 is 2.48 bits per heavy atom. The van der Waals surface area contributed by atoms with Gasteiger partial charge >= 0.3 is 0 Å². The summed E-state index contributed by atoms with van der Waals surface area (Å²) >= 11 is 0. The summed E-state index contributed by atoms with van der Waals surface area (Å²) in [5.74, 6) is 2.31. The molecule has 1 aliphatic rings. The molecule has 0 spiro atoms. The third kappa shape index (κ3) is 5.42. The molecule has 1 unspecified atom stereocenters. The monoisotopic (exact) mass is 424 g/mol. The van der Waals surface area contributed by atoms with Gasteiger partial charge in [-0.05, 0) is 38.3 Å². The minimum atomic E-state index is 0.0527. The Labute approximate surface area is 186 Å². The van der Waals surface area contributed by atoms with Crippen LogP contribution in [0.1, 0.15) is 60.0 Å². The maximum atomic E-state index is 12.2. The molecule has 1 fully saturated rings. The van der Waals surface area contributed by atoms with Gasteiger partial charge in [-0.25, -0.2) is 9.97 Å². The summed E-state index contributed by atoms with van der Waals surface area (Å²) in [5.41, 5.74) is 6.12. The lowest BCUT2D eigenvalue weighted by Gasteiger charge is -2.36. The molecular weight excluding hydrogens is 388 g/mol. The zero-order valence-corrected chi connectivity index (χ0v) is 19.9. The second-order valence-corrected chi connectivity index (χ2v) is 8.69. The van der Waals surface area contributed by atoms with Crippen molar-refractivity contribution < 1.29 is 9.53 Å². The van der Waals surface area contributed by atoms with Crippen LogP contribution in [0.2, 0.25) is 0 Å². The molecule has 0 saturated carbocycles. The second kappa shape index (κ2) is 10.2. The van der Waals surface area contributed by atoms with Crippen LogP contribution in [0.25, 0.3) is 0 Å². The molecule has 1 aliphatic heterocycles. The number of aromatic nitrogens is 2. The van der Waals surface area contributed by atoms with Crippen LogP contribution in [0.5, 0.6) is 0 Å². The summed E-state index contributed by atoms with van der Waals surface area (Å²) in [6.07, 6.45) is 1.83. The Kier molecular flexibility index (Phi) is 7.65. The van der Waals surface area contributed by atoms with Gasteiger partial charge in [0.25, 0.3) is 0 Å². The van der Waals surface area contributed by atoms with E-state index in [1.54, 1.807) is 7.11 Å². The number of nitrogens with zero attached hydrogens (tertiary/aromatic N) is 4. The average molecular weight is 425 g/mol. The first-order valence-electron chi connectivity index (χ1n) is 11.3. The molecule has 31 heavy (non-hydrogen) atoms. The number of methoxy groups -OCH3 is 1. The molecule has 1 saturated heterocycles. The number of carbonyl (C=O) groups is 1. The van der Waals surface area contributed by atoms with E-state index >= 15 is 0 Å². The molecule has 2 aromatic rings. The van der Waals surface area contributed by atoms with Gasteiger partial charge in [0.1, 0.15) is 18.2 Å². The number of aryl methyl sites for hydroxylation is 3. The third-order valence-corrected chi connectivity index (χ3v) is 6.33. The van der Waals surface area contributed by atoms with E-state index in [1.165, 1.54) is 22.3 Å². The molecule has 0 N–H and O–H groups in total. The molecule has 1 aromatic carbocycles. The highest BCUT2D eigenvalue weighted by molar-refractivity contribution is 5.77. The largest absolute Gasteiger partial charge is 0.375 e. The van der Waals surface area contributed by atoms with Crippen molar-refractivity contribution >= 4 is 11.7 Å². The van der Waals surface area contributed by atoms with Crippen molar-refractivity contribution in [3.05, 3.63) is 52.0 Å². The van der Waals surface area contributed by atoms with E-state index in [0.29, 0.717) is 19.0 Å². The summed E-state index contributed by atoms with van der Waals surface area (Å²) < 4.78 is 5.02. The molecule has 1 atom stereocenters. The fourth-order valence-corrected chi connectivity index (χ4v) is 4.04. The van der Waals surface area contributed by atoms with Crippen molar-refractivity contribution in [2.24, 2.45) is 0 Å². The van der Waals surface area contributed by atoms with Crippen molar-refractivity contribution in [3.8, 4) is 0 Å². The van der Waals surface area contributed by atoms with Gasteiger partial charge in [-0.2, -0.15) is 0 Å². The molecule has 0 bridgehead atoms. The minimum absolute atomic E-state index is 0.0527. The highest BCUT2D eigenvalue weighted by atomic mass is 16.5. The van der Waals surface area contributed by atoms with Gasteiger partial charge in [-0.3, -0.25) is 4.79 Å². The molecule has 6 heteroatoms. The van der Waals surface area contributed by atoms with E-state index in [4.69, 9.17) is 14.7 Å². The van der Waals surface area contributed by atoms with Crippen molar-refractivity contribution in [2.45, 2.75) is 53.4 Å². The summed E-state index contributed by atoms with van der Waals surface area (Å²) in [4.78, 5) is 26.4. The predicted octanol–water partition coefficient (Wildman–Crippen LogP) is 3.80. The smallest absolute Gasteiger partial charge is 0.248 e. The Bertz CT molecular complexity index is 920. The number of hydrogen-bond acceptors (Lipinski definition) is 5. The maximum Gasteiger partial charge on any atom is 0.248 e. The van der Waals surface area contributed by atoms with Crippen molar-refractivity contribution in [2.75, 3.05) is 44.8 Å². The number of hydrogen-bond donors (Lipinski definition) is 0. The molecule has 1 amide bonds. The quantitative estimate of drug-likeness (QED) is 0.677. The zero-order valence-electron chi connectivity index (χ0n) is 19.9. The summed E-state index contributed by atoms with van der Waals surface area (Å²) in [7, 11) is 1.56. The number of ether oxygens (including phenoxy) is 1. The van der Waals surface area contributed by atoms with E-state index in [2.05, 4.69) is 57.7 Å². The lowest BCUT2D eigenvalue weighted by atomic mass is 9.97. The number of rotatable bonds is 7. The lowest BCUT2D eigenvalue weighted by molar-refractivity contribution is -0.135. The van der Waals surface area contributed by atoms with Crippen LogP contribution in [0.3, 0.4) is 0 Å². The van der Waals surface area contributed by atoms with Crippen LogP contribution < -0.4 is 4.90 Å². The van der Waals surface area contributed by atoms with E-state index in [0.717, 1.165) is 43.3 Å². The van der Waals surface area contributed by atoms with Gasteiger partial charge in [0.05, 0.1) is 0 Å². The van der Waals surface area contributed by atoms with Gasteiger partial charge in [0.15, 0.2) is 0 Å². The molecule has 2 heterocycles. The highest BCUT2D eigenvalue weighted by Gasteiger charge is 2.25. The van der Waals surface area contributed by atoms with Gasteiger partial charge < -0.3 is 14.5 Å². The summed E-state index contributed by atoms with van der Waals surface area (Å²) in [6, 6.07) is 6.61. The van der Waals surface area contributed by atoms with Crippen molar-refractivity contribution in [1.29, 1.82) is 0 Å². The Morgan fingerprint density at radius 2 is 1.84 bits per heavy atom. The number of amides is 1. The number of anilines is 1. The first kappa shape index (κ1) is 23.2. The standard InChI is InChI=1S/C25H36N4O2/c1-7-18(3)24-26-20(5)22(15-21-14-17(2)8-9-19(21)4)25(27-24)29-12-10-28(11-13-29)23(30)16-31-6/h8-9,14,18H,7,10-13,15-16H2,1-6H3. The van der Waals surface area contributed by atoms with Crippen LogP contribution in [0.4, 0.5) is 5.82 Å². The molecule has 0 radical (unpaired) electrons. The van der Waals surface area contributed by atoms with Crippen LogP contribution >= 0.6 is 0 Å². The molecule has 3 rings (SSSR count). The number of benzene rings is 1. The fraction of sp³-hybridized carbons (Fsp3) is 0.560. The highest BCUT2D eigenvalue weighted by Crippen LogP contribution is 2.29. The van der Waals surface area contributed by atoms with Crippen LogP contribution in [-0.4, -0.2) is 60.7 Å².